The van der Waals surface area contributed by atoms with Gasteiger partial charge in [0.1, 0.15) is 5.58 Å². The van der Waals surface area contributed by atoms with Crippen molar-refractivity contribution < 1.29 is 9.21 Å². The highest BCUT2D eigenvalue weighted by Crippen LogP contribution is 2.25. The van der Waals surface area contributed by atoms with Crippen LogP contribution < -0.4 is 5.32 Å². The van der Waals surface area contributed by atoms with Crippen LogP contribution in [0, 0.1) is 13.8 Å². The Morgan fingerprint density at radius 2 is 1.95 bits per heavy atom. The number of carbonyl (C=O) groups is 1. The average molecular weight is 358 g/mol. The van der Waals surface area contributed by atoms with E-state index in [-0.39, 0.29) is 5.91 Å². The van der Waals surface area contributed by atoms with E-state index in [4.69, 9.17) is 4.42 Å². The molecule has 1 heterocycles. The maximum Gasteiger partial charge on any atom is 0.228 e. The average Bonchev–Trinajstić information content (AvgIpc) is 2.81. The van der Waals surface area contributed by atoms with Gasteiger partial charge in [0.2, 0.25) is 5.91 Å². The van der Waals surface area contributed by atoms with Crippen molar-refractivity contribution in [3.8, 4) is 0 Å². The first kappa shape index (κ1) is 14.9. The number of rotatable bonds is 3. The van der Waals surface area contributed by atoms with E-state index in [1.807, 2.05) is 30.3 Å². The second-order valence-corrected chi connectivity index (χ2v) is 6.34. The molecule has 3 rings (SSSR count). The number of hydrogen-bond donors (Lipinski definition) is 1. The summed E-state index contributed by atoms with van der Waals surface area (Å²) in [5, 5.41) is 3.91. The van der Waals surface area contributed by atoms with Gasteiger partial charge in [-0.3, -0.25) is 4.79 Å². The van der Waals surface area contributed by atoms with Crippen LogP contribution in [0.1, 0.15) is 16.7 Å². The molecule has 1 amide bonds. The van der Waals surface area contributed by atoms with E-state index in [0.29, 0.717) is 6.42 Å². The van der Waals surface area contributed by atoms with Crippen LogP contribution in [0.4, 0.5) is 5.69 Å². The highest BCUT2D eigenvalue weighted by Gasteiger charge is 2.12. The Bertz CT molecular complexity index is 851. The summed E-state index contributed by atoms with van der Waals surface area (Å²) in [7, 11) is 0. The molecule has 3 nitrogen and oxygen atoms in total. The molecule has 0 aliphatic heterocycles. The Balaban J connectivity index is 1.81. The van der Waals surface area contributed by atoms with Gasteiger partial charge in [-0.2, -0.15) is 0 Å². The molecule has 22 heavy (non-hydrogen) atoms. The molecule has 0 aliphatic rings. The van der Waals surface area contributed by atoms with E-state index in [1.165, 1.54) is 11.1 Å². The summed E-state index contributed by atoms with van der Waals surface area (Å²) in [6, 6.07) is 11.6. The van der Waals surface area contributed by atoms with Crippen LogP contribution in [0.3, 0.4) is 0 Å². The quantitative estimate of drug-likeness (QED) is 0.716. The molecular weight excluding hydrogens is 342 g/mol. The van der Waals surface area contributed by atoms with Crippen molar-refractivity contribution in [2.45, 2.75) is 20.3 Å². The first-order valence-electron chi connectivity index (χ1n) is 7.05. The number of nitrogens with one attached hydrogen (secondary N) is 1. The molecule has 0 atom stereocenters. The van der Waals surface area contributed by atoms with Crippen molar-refractivity contribution in [2.75, 3.05) is 5.32 Å². The Hall–Kier alpha value is -2.07. The molecule has 0 saturated carbocycles. The van der Waals surface area contributed by atoms with Crippen LogP contribution in [0.15, 0.2) is 51.6 Å². The number of benzene rings is 2. The predicted molar refractivity (Wildman–Crippen MR) is 92.2 cm³/mol. The first-order chi connectivity index (χ1) is 10.5. The number of hydrogen-bond acceptors (Lipinski definition) is 2. The fraction of sp³-hybridized carbons (Fsp3) is 0.167. The zero-order valence-corrected chi connectivity index (χ0v) is 14.0. The van der Waals surface area contributed by atoms with Crippen LogP contribution in [0.2, 0.25) is 0 Å². The Morgan fingerprint density at radius 1 is 1.18 bits per heavy atom. The number of carbonyl (C=O) groups excluding carboxylic acids is 1. The third kappa shape index (κ3) is 3.07. The maximum atomic E-state index is 12.2. The molecule has 0 fully saturated rings. The summed E-state index contributed by atoms with van der Waals surface area (Å²) in [6.45, 7) is 4.12. The van der Waals surface area contributed by atoms with Crippen molar-refractivity contribution in [2.24, 2.45) is 0 Å². The lowest BCUT2D eigenvalue weighted by Crippen LogP contribution is -2.14. The number of halogens is 1. The third-order valence-corrected chi connectivity index (χ3v) is 4.22. The Kier molecular flexibility index (Phi) is 4.03. The SMILES string of the molecule is Cc1cc2occ(CC(=O)Nc3cccc(Br)c3)c2cc1C. The fourth-order valence-electron chi connectivity index (χ4n) is 2.42. The summed E-state index contributed by atoms with van der Waals surface area (Å²) in [6.07, 6.45) is 1.96. The molecule has 0 saturated heterocycles. The van der Waals surface area contributed by atoms with Gasteiger partial charge in [0.15, 0.2) is 0 Å². The lowest BCUT2D eigenvalue weighted by Gasteiger charge is -2.05. The van der Waals surface area contributed by atoms with E-state index >= 15 is 0 Å². The fourth-order valence-corrected chi connectivity index (χ4v) is 2.82. The van der Waals surface area contributed by atoms with Crippen molar-refractivity contribution in [1.82, 2.24) is 0 Å². The summed E-state index contributed by atoms with van der Waals surface area (Å²) < 4.78 is 6.50. The van der Waals surface area contributed by atoms with Crippen molar-refractivity contribution in [3.63, 3.8) is 0 Å². The highest BCUT2D eigenvalue weighted by atomic mass is 79.9. The predicted octanol–water partition coefficient (Wildman–Crippen LogP) is 4.99. The van der Waals surface area contributed by atoms with Crippen LogP contribution in [0.5, 0.6) is 0 Å². The summed E-state index contributed by atoms with van der Waals surface area (Å²) in [4.78, 5) is 12.2. The topological polar surface area (TPSA) is 42.2 Å². The first-order valence-corrected chi connectivity index (χ1v) is 7.85. The minimum atomic E-state index is -0.0565. The smallest absolute Gasteiger partial charge is 0.228 e. The lowest BCUT2D eigenvalue weighted by molar-refractivity contribution is -0.115. The molecule has 0 unspecified atom stereocenters. The van der Waals surface area contributed by atoms with Crippen molar-refractivity contribution >= 4 is 38.5 Å². The Labute approximate surface area is 137 Å². The molecule has 0 aliphatic carbocycles. The number of anilines is 1. The number of aryl methyl sites for hydroxylation is 2. The second-order valence-electron chi connectivity index (χ2n) is 5.43. The summed E-state index contributed by atoms with van der Waals surface area (Å²) >= 11 is 3.39. The standard InChI is InChI=1S/C18H16BrNO2/c1-11-6-16-13(10-22-17(16)7-12(11)2)8-18(21)20-15-5-3-4-14(19)9-15/h3-7,9-10H,8H2,1-2H3,(H,20,21). The zero-order valence-electron chi connectivity index (χ0n) is 12.4. The molecule has 3 aromatic rings. The maximum absolute atomic E-state index is 12.2. The normalized spacial score (nSPS) is 10.9. The van der Waals surface area contributed by atoms with E-state index in [1.54, 1.807) is 6.26 Å². The molecule has 1 N–H and O–H groups in total. The summed E-state index contributed by atoms with van der Waals surface area (Å²) in [5.74, 6) is -0.0565. The number of fused-ring (bicyclic) bond motifs is 1. The zero-order chi connectivity index (χ0) is 15.7. The third-order valence-electron chi connectivity index (χ3n) is 3.73. The van der Waals surface area contributed by atoms with E-state index < -0.39 is 0 Å². The van der Waals surface area contributed by atoms with Gasteiger partial charge in [0.05, 0.1) is 12.7 Å². The van der Waals surface area contributed by atoms with Crippen LogP contribution >= 0.6 is 15.9 Å². The van der Waals surface area contributed by atoms with Crippen LogP contribution in [-0.2, 0) is 11.2 Å². The molecule has 4 heteroatoms. The highest BCUT2D eigenvalue weighted by molar-refractivity contribution is 9.10. The molecule has 0 radical (unpaired) electrons. The molecule has 1 aromatic heterocycles. The molecule has 2 aromatic carbocycles. The largest absolute Gasteiger partial charge is 0.464 e. The molecular formula is C18H16BrNO2. The Morgan fingerprint density at radius 3 is 2.73 bits per heavy atom. The summed E-state index contributed by atoms with van der Waals surface area (Å²) in [5.41, 5.74) is 4.90. The van der Waals surface area contributed by atoms with Crippen molar-refractivity contribution in [3.05, 3.63) is 63.8 Å². The number of furan rings is 1. The van der Waals surface area contributed by atoms with E-state index in [9.17, 15) is 4.79 Å². The molecule has 0 spiro atoms. The van der Waals surface area contributed by atoms with E-state index in [0.717, 1.165) is 26.7 Å². The number of amides is 1. The van der Waals surface area contributed by atoms with Gasteiger partial charge in [-0.05, 0) is 55.3 Å². The van der Waals surface area contributed by atoms with Gasteiger partial charge < -0.3 is 9.73 Å². The van der Waals surface area contributed by atoms with Gasteiger partial charge in [-0.1, -0.05) is 22.0 Å². The van der Waals surface area contributed by atoms with Gasteiger partial charge >= 0.3 is 0 Å². The molecule has 112 valence electrons. The van der Waals surface area contributed by atoms with Crippen LogP contribution in [-0.4, -0.2) is 5.91 Å². The second kappa shape index (κ2) is 5.97. The minimum absolute atomic E-state index is 0.0565. The van der Waals surface area contributed by atoms with Crippen LogP contribution in [0.25, 0.3) is 11.0 Å². The molecule has 0 bridgehead atoms. The van der Waals surface area contributed by atoms with Gasteiger partial charge in [0.25, 0.3) is 0 Å². The van der Waals surface area contributed by atoms with Gasteiger partial charge in [-0.15, -0.1) is 0 Å². The van der Waals surface area contributed by atoms with Gasteiger partial charge in [-0.25, -0.2) is 0 Å². The van der Waals surface area contributed by atoms with Crippen molar-refractivity contribution in [1.29, 1.82) is 0 Å². The van der Waals surface area contributed by atoms with Gasteiger partial charge in [0, 0.05) is 21.1 Å². The minimum Gasteiger partial charge on any atom is -0.464 e. The van der Waals surface area contributed by atoms with E-state index in [2.05, 4.69) is 41.2 Å². The lowest BCUT2D eigenvalue weighted by atomic mass is 10.0. The monoisotopic (exact) mass is 357 g/mol.